The number of carbonyl (C=O) groups excluding carboxylic acids is 3. The average Bonchev–Trinajstić information content (AvgIpc) is 3.93. The van der Waals surface area contributed by atoms with Crippen molar-refractivity contribution < 1.29 is 24.3 Å². The third-order valence-electron chi connectivity index (χ3n) is 8.37. The summed E-state index contributed by atoms with van der Waals surface area (Å²) in [6, 6.07) is 10.5. The molecule has 4 atom stereocenters. The van der Waals surface area contributed by atoms with Crippen molar-refractivity contribution in [3.8, 4) is 0 Å². The Morgan fingerprint density at radius 1 is 0.633 bits per heavy atom. The zero-order chi connectivity index (χ0) is 34.3. The summed E-state index contributed by atoms with van der Waals surface area (Å²) in [5, 5.41) is 19.8. The molecule has 0 saturated carbocycles. The number of aliphatic carboxylic acids is 1. The Balaban J connectivity index is 1.22. The van der Waals surface area contributed by atoms with Crippen molar-refractivity contribution in [2.75, 3.05) is 0 Å². The Kier molecular flexibility index (Phi) is 9.80. The number of nitrogens with one attached hydrogen (secondary N) is 7. The SMILES string of the molecule is N[C@@H](Cc1c[nH]c2ccccc12)C(=O)N[C@@H](Cc1c[nH]cn1)C(=O)N[C@@H](Cc1c[nH]c2ccccc12)C(=O)N[C@@H](Cc1c[nH]cn1)C(=O)O. The van der Waals surface area contributed by atoms with E-state index in [1.807, 2.05) is 48.5 Å². The number of carboxylic acids is 1. The number of nitrogens with zero attached hydrogens (tertiary/aromatic N) is 2. The monoisotopic (exact) mass is 664 g/mol. The highest BCUT2D eigenvalue weighted by Gasteiger charge is 2.32. The molecule has 4 aromatic heterocycles. The van der Waals surface area contributed by atoms with Gasteiger partial charge < -0.3 is 46.7 Å². The summed E-state index contributed by atoms with van der Waals surface area (Å²) in [5.74, 6) is -3.22. The molecule has 0 aliphatic heterocycles. The summed E-state index contributed by atoms with van der Waals surface area (Å²) in [6.45, 7) is 0. The number of amides is 3. The van der Waals surface area contributed by atoms with E-state index in [1.54, 1.807) is 24.8 Å². The first-order valence-electron chi connectivity index (χ1n) is 15.7. The third-order valence-corrected chi connectivity index (χ3v) is 8.37. The van der Waals surface area contributed by atoms with Crippen molar-refractivity contribution in [3.63, 3.8) is 0 Å². The van der Waals surface area contributed by atoms with Crippen LogP contribution in [0.5, 0.6) is 0 Å². The minimum Gasteiger partial charge on any atom is -0.480 e. The fourth-order valence-electron chi connectivity index (χ4n) is 5.82. The predicted octanol–water partition coefficient (Wildman–Crippen LogP) is 1.23. The summed E-state index contributed by atoms with van der Waals surface area (Å²) in [6.07, 6.45) is 9.70. The first-order valence-corrected chi connectivity index (χ1v) is 15.7. The molecule has 49 heavy (non-hydrogen) atoms. The van der Waals surface area contributed by atoms with Crippen LogP contribution < -0.4 is 21.7 Å². The van der Waals surface area contributed by atoms with Gasteiger partial charge in [0.05, 0.1) is 30.1 Å². The number of fused-ring (bicyclic) bond motifs is 2. The second-order valence-corrected chi connectivity index (χ2v) is 11.8. The van der Waals surface area contributed by atoms with Crippen molar-refractivity contribution in [1.29, 1.82) is 0 Å². The fraction of sp³-hybridized carbons (Fsp3) is 0.235. The number of rotatable bonds is 15. The van der Waals surface area contributed by atoms with Gasteiger partial charge in [-0.05, 0) is 29.7 Å². The Hall–Kier alpha value is -6.22. The quantitative estimate of drug-likeness (QED) is 0.0772. The van der Waals surface area contributed by atoms with Gasteiger partial charge in [0.25, 0.3) is 0 Å². The van der Waals surface area contributed by atoms with E-state index in [0.29, 0.717) is 11.4 Å². The molecule has 3 amide bonds. The van der Waals surface area contributed by atoms with Crippen molar-refractivity contribution in [2.24, 2.45) is 5.73 Å². The largest absolute Gasteiger partial charge is 0.480 e. The summed E-state index contributed by atoms with van der Waals surface area (Å²) < 4.78 is 0. The number of carbonyl (C=O) groups is 4. The number of benzene rings is 2. The van der Waals surface area contributed by atoms with Crippen LogP contribution in [-0.4, -0.2) is 82.9 Å². The van der Waals surface area contributed by atoms with E-state index in [4.69, 9.17) is 5.73 Å². The van der Waals surface area contributed by atoms with Crippen LogP contribution in [0.4, 0.5) is 0 Å². The highest BCUT2D eigenvalue weighted by atomic mass is 16.4. The second kappa shape index (κ2) is 14.7. The van der Waals surface area contributed by atoms with Gasteiger partial charge in [-0.25, -0.2) is 14.8 Å². The van der Waals surface area contributed by atoms with Gasteiger partial charge in [-0.2, -0.15) is 0 Å². The molecule has 2 aromatic carbocycles. The zero-order valence-electron chi connectivity index (χ0n) is 26.3. The smallest absolute Gasteiger partial charge is 0.326 e. The fourth-order valence-corrected chi connectivity index (χ4v) is 5.82. The second-order valence-electron chi connectivity index (χ2n) is 11.8. The van der Waals surface area contributed by atoms with E-state index in [2.05, 4.69) is 45.9 Å². The van der Waals surface area contributed by atoms with Gasteiger partial charge in [-0.1, -0.05) is 36.4 Å². The zero-order valence-corrected chi connectivity index (χ0v) is 26.3. The first kappa shape index (κ1) is 32.7. The van der Waals surface area contributed by atoms with E-state index in [0.717, 1.165) is 32.9 Å². The van der Waals surface area contributed by atoms with E-state index in [1.165, 1.54) is 12.7 Å². The van der Waals surface area contributed by atoms with Gasteiger partial charge >= 0.3 is 5.97 Å². The maximum atomic E-state index is 14.0. The maximum absolute atomic E-state index is 14.0. The third kappa shape index (κ3) is 7.85. The van der Waals surface area contributed by atoms with Crippen LogP contribution in [0.2, 0.25) is 0 Å². The molecule has 0 radical (unpaired) electrons. The van der Waals surface area contributed by atoms with Gasteiger partial charge in [0, 0.05) is 65.9 Å². The molecule has 10 N–H and O–H groups in total. The van der Waals surface area contributed by atoms with Gasteiger partial charge in [0.15, 0.2) is 0 Å². The molecule has 252 valence electrons. The molecule has 0 aliphatic carbocycles. The summed E-state index contributed by atoms with van der Waals surface area (Å²) in [5.41, 5.74) is 10.6. The highest BCUT2D eigenvalue weighted by molar-refractivity contribution is 5.95. The lowest BCUT2D eigenvalue weighted by atomic mass is 10.0. The van der Waals surface area contributed by atoms with E-state index in [9.17, 15) is 24.3 Å². The van der Waals surface area contributed by atoms with Gasteiger partial charge in [-0.15, -0.1) is 0 Å². The van der Waals surface area contributed by atoms with Crippen LogP contribution in [-0.2, 0) is 44.9 Å². The predicted molar refractivity (Wildman–Crippen MR) is 180 cm³/mol. The molecule has 0 aliphatic rings. The van der Waals surface area contributed by atoms with Gasteiger partial charge in [0.2, 0.25) is 17.7 Å². The molecule has 0 spiro atoms. The molecule has 15 heteroatoms. The molecule has 0 saturated heterocycles. The number of H-pyrrole nitrogens is 4. The Morgan fingerprint density at radius 3 is 1.63 bits per heavy atom. The number of para-hydroxylation sites is 2. The molecule has 0 unspecified atom stereocenters. The minimum absolute atomic E-state index is 0.000781. The van der Waals surface area contributed by atoms with Crippen LogP contribution in [0.15, 0.2) is 86.0 Å². The maximum Gasteiger partial charge on any atom is 0.326 e. The molecule has 0 fully saturated rings. The van der Waals surface area contributed by atoms with Crippen LogP contribution in [0.1, 0.15) is 22.5 Å². The highest BCUT2D eigenvalue weighted by Crippen LogP contribution is 2.20. The summed E-state index contributed by atoms with van der Waals surface area (Å²) in [7, 11) is 0. The summed E-state index contributed by atoms with van der Waals surface area (Å²) in [4.78, 5) is 73.5. The molecular weight excluding hydrogens is 628 g/mol. The Morgan fingerprint density at radius 2 is 1.10 bits per heavy atom. The van der Waals surface area contributed by atoms with Gasteiger partial charge in [-0.3, -0.25) is 14.4 Å². The number of aromatic amines is 4. The minimum atomic E-state index is -1.32. The van der Waals surface area contributed by atoms with E-state index in [-0.39, 0.29) is 25.7 Å². The molecule has 4 heterocycles. The molecule has 15 nitrogen and oxygen atoms in total. The van der Waals surface area contributed by atoms with Crippen molar-refractivity contribution in [3.05, 3.63) is 108 Å². The first-order chi connectivity index (χ1) is 23.7. The number of aromatic nitrogens is 6. The van der Waals surface area contributed by atoms with Crippen molar-refractivity contribution in [2.45, 2.75) is 49.9 Å². The average molecular weight is 665 g/mol. The standard InChI is InChI=1S/C34H36N10O5/c35-25(9-19-13-38-26-7-3-1-5-23(19)26)31(45)42-29(11-21-15-36-17-40-21)33(47)43-28(10-20-14-39-27-8-4-2-6-24(20)27)32(46)44-30(34(48)49)12-22-16-37-18-41-22/h1-8,13-18,25,28-30,38-39H,9-12,35H2,(H,36,40)(H,37,41)(H,42,45)(H,43,47)(H,44,46)(H,48,49)/t25-,28-,29-,30-/m0/s1. The molecular formula is C34H36N10O5. The van der Waals surface area contributed by atoms with Crippen molar-refractivity contribution >= 4 is 45.5 Å². The lowest BCUT2D eigenvalue weighted by Gasteiger charge is -2.25. The number of hydrogen-bond acceptors (Lipinski definition) is 7. The number of carboxylic acid groups (broad SMARTS) is 1. The molecule has 6 aromatic rings. The Bertz CT molecular complexity index is 2050. The van der Waals surface area contributed by atoms with Crippen molar-refractivity contribution in [1.82, 2.24) is 45.9 Å². The van der Waals surface area contributed by atoms with E-state index >= 15 is 0 Å². The lowest BCUT2D eigenvalue weighted by Crippen LogP contribution is -2.58. The Labute approximate surface area is 279 Å². The summed E-state index contributed by atoms with van der Waals surface area (Å²) >= 11 is 0. The topological polar surface area (TPSA) is 240 Å². The number of hydrogen-bond donors (Lipinski definition) is 9. The van der Waals surface area contributed by atoms with Crippen LogP contribution in [0, 0.1) is 0 Å². The van der Waals surface area contributed by atoms with Crippen LogP contribution >= 0.6 is 0 Å². The molecule has 6 rings (SSSR count). The normalized spacial score (nSPS) is 13.8. The van der Waals surface area contributed by atoms with E-state index < -0.39 is 47.9 Å². The van der Waals surface area contributed by atoms with Crippen LogP contribution in [0.25, 0.3) is 21.8 Å². The van der Waals surface area contributed by atoms with Gasteiger partial charge in [0.1, 0.15) is 18.1 Å². The van der Waals surface area contributed by atoms with Crippen LogP contribution in [0.3, 0.4) is 0 Å². The molecule has 0 bridgehead atoms. The number of nitrogens with two attached hydrogens (primary N) is 1. The lowest BCUT2D eigenvalue weighted by molar-refractivity contribution is -0.142. The number of imidazole rings is 2.